The highest BCUT2D eigenvalue weighted by Gasteiger charge is 2.05. The lowest BCUT2D eigenvalue weighted by Gasteiger charge is -1.96. The van der Waals surface area contributed by atoms with Crippen LogP contribution in [0.5, 0.6) is 0 Å². The molecule has 0 unspecified atom stereocenters. The Labute approximate surface area is 70.0 Å². The van der Waals surface area contributed by atoms with Gasteiger partial charge in [0.25, 0.3) is 0 Å². The first-order valence-electron chi connectivity index (χ1n) is 3.72. The summed E-state index contributed by atoms with van der Waals surface area (Å²) in [6, 6.07) is 1.30. The van der Waals surface area contributed by atoms with E-state index in [0.717, 1.165) is 0 Å². The quantitative estimate of drug-likeness (QED) is 0.568. The minimum Gasteiger partial charge on any atom is -0.207 e. The van der Waals surface area contributed by atoms with Crippen LogP contribution in [0.1, 0.15) is 19.4 Å². The average molecular weight is 176 g/mol. The Hall–Kier alpha value is -0.990. The Balaban J connectivity index is 0.000000561. The molecule has 1 aromatic carbocycles. The molecular weight excluding hydrogens is 165 g/mol. The number of rotatable bonds is 0. The van der Waals surface area contributed by atoms with E-state index in [1.807, 2.05) is 13.8 Å². The standard InChI is InChI=1S/C7H5F3.C2H6/c1-4-6(9)2-5(8)3-7(4)10;1-2/h2-3H,1H3;1-2H3. The van der Waals surface area contributed by atoms with E-state index < -0.39 is 17.5 Å². The van der Waals surface area contributed by atoms with Crippen LogP contribution in [0.15, 0.2) is 12.1 Å². The molecule has 0 aliphatic carbocycles. The summed E-state index contributed by atoms with van der Waals surface area (Å²) in [5, 5.41) is 0. The van der Waals surface area contributed by atoms with Crippen molar-refractivity contribution in [3.63, 3.8) is 0 Å². The molecule has 0 saturated carbocycles. The lowest BCUT2D eigenvalue weighted by atomic mass is 10.2. The van der Waals surface area contributed by atoms with Crippen LogP contribution in [0, 0.1) is 24.4 Å². The normalized spacial score (nSPS) is 8.83. The van der Waals surface area contributed by atoms with Crippen molar-refractivity contribution in [3.8, 4) is 0 Å². The molecule has 0 saturated heterocycles. The fraction of sp³-hybridized carbons (Fsp3) is 0.333. The van der Waals surface area contributed by atoms with E-state index in [9.17, 15) is 13.2 Å². The zero-order valence-electron chi connectivity index (χ0n) is 7.29. The molecule has 12 heavy (non-hydrogen) atoms. The van der Waals surface area contributed by atoms with Gasteiger partial charge in [0.05, 0.1) is 0 Å². The zero-order valence-corrected chi connectivity index (χ0v) is 7.29. The summed E-state index contributed by atoms with van der Waals surface area (Å²) < 4.78 is 36.8. The molecule has 0 fully saturated rings. The first-order chi connectivity index (χ1) is 5.61. The van der Waals surface area contributed by atoms with Gasteiger partial charge in [-0.05, 0) is 6.92 Å². The molecule has 1 aromatic rings. The van der Waals surface area contributed by atoms with Gasteiger partial charge >= 0.3 is 0 Å². The van der Waals surface area contributed by atoms with Crippen molar-refractivity contribution >= 4 is 0 Å². The monoisotopic (exact) mass is 176 g/mol. The van der Waals surface area contributed by atoms with Crippen LogP contribution in [0.3, 0.4) is 0 Å². The molecule has 0 aliphatic rings. The minimum absolute atomic E-state index is 0.151. The Morgan fingerprint density at radius 2 is 1.25 bits per heavy atom. The summed E-state index contributed by atoms with van der Waals surface area (Å²) >= 11 is 0. The van der Waals surface area contributed by atoms with Gasteiger partial charge in [-0.2, -0.15) is 0 Å². The highest BCUT2D eigenvalue weighted by Crippen LogP contribution is 2.12. The third kappa shape index (κ3) is 2.57. The molecule has 0 aliphatic heterocycles. The van der Waals surface area contributed by atoms with Gasteiger partial charge in [0, 0.05) is 17.7 Å². The van der Waals surface area contributed by atoms with Crippen LogP contribution in [0.25, 0.3) is 0 Å². The Bertz CT molecular complexity index is 233. The molecule has 0 spiro atoms. The van der Waals surface area contributed by atoms with Gasteiger partial charge < -0.3 is 0 Å². The first kappa shape index (κ1) is 11.0. The largest absolute Gasteiger partial charge is 0.207 e. The predicted molar refractivity (Wildman–Crippen MR) is 42.4 cm³/mol. The van der Waals surface area contributed by atoms with Gasteiger partial charge in [0.15, 0.2) is 0 Å². The van der Waals surface area contributed by atoms with Gasteiger partial charge in [-0.25, -0.2) is 13.2 Å². The van der Waals surface area contributed by atoms with E-state index in [1.54, 1.807) is 0 Å². The highest BCUT2D eigenvalue weighted by atomic mass is 19.1. The van der Waals surface area contributed by atoms with Gasteiger partial charge in [0.1, 0.15) is 17.5 Å². The first-order valence-corrected chi connectivity index (χ1v) is 3.72. The summed E-state index contributed by atoms with van der Waals surface area (Å²) in [6.45, 7) is 5.25. The molecule has 0 bridgehead atoms. The number of hydrogen-bond donors (Lipinski definition) is 0. The highest BCUT2D eigenvalue weighted by molar-refractivity contribution is 5.18. The van der Waals surface area contributed by atoms with Crippen LogP contribution < -0.4 is 0 Å². The molecular formula is C9H11F3. The van der Waals surface area contributed by atoms with E-state index in [1.165, 1.54) is 6.92 Å². The molecule has 0 atom stereocenters. The van der Waals surface area contributed by atoms with Crippen molar-refractivity contribution in [1.82, 2.24) is 0 Å². The zero-order chi connectivity index (χ0) is 9.72. The molecule has 0 heterocycles. The topological polar surface area (TPSA) is 0 Å². The van der Waals surface area contributed by atoms with Crippen molar-refractivity contribution in [3.05, 3.63) is 35.1 Å². The van der Waals surface area contributed by atoms with Crippen LogP contribution in [0.2, 0.25) is 0 Å². The second-order valence-corrected chi connectivity index (χ2v) is 1.99. The number of benzene rings is 1. The second kappa shape index (κ2) is 4.80. The predicted octanol–water partition coefficient (Wildman–Crippen LogP) is 3.44. The summed E-state index contributed by atoms with van der Waals surface area (Å²) in [7, 11) is 0. The lowest BCUT2D eigenvalue weighted by Crippen LogP contribution is -1.89. The number of hydrogen-bond acceptors (Lipinski definition) is 0. The minimum atomic E-state index is -0.888. The Morgan fingerprint density at radius 1 is 0.917 bits per heavy atom. The fourth-order valence-corrected chi connectivity index (χ4v) is 0.614. The molecule has 0 aromatic heterocycles. The summed E-state index contributed by atoms with van der Waals surface area (Å²) in [5.41, 5.74) is -0.151. The molecule has 0 amide bonds. The Kier molecular flexibility index (Phi) is 4.40. The van der Waals surface area contributed by atoms with E-state index in [2.05, 4.69) is 0 Å². The summed E-state index contributed by atoms with van der Waals surface area (Å²) in [4.78, 5) is 0. The second-order valence-electron chi connectivity index (χ2n) is 1.99. The van der Waals surface area contributed by atoms with E-state index >= 15 is 0 Å². The molecule has 0 radical (unpaired) electrons. The van der Waals surface area contributed by atoms with E-state index in [4.69, 9.17) is 0 Å². The maximum absolute atomic E-state index is 12.4. The Morgan fingerprint density at radius 3 is 1.58 bits per heavy atom. The van der Waals surface area contributed by atoms with Crippen molar-refractivity contribution in [1.29, 1.82) is 0 Å². The van der Waals surface area contributed by atoms with Crippen molar-refractivity contribution in [2.45, 2.75) is 20.8 Å². The van der Waals surface area contributed by atoms with Crippen molar-refractivity contribution < 1.29 is 13.2 Å². The van der Waals surface area contributed by atoms with Crippen LogP contribution in [-0.2, 0) is 0 Å². The van der Waals surface area contributed by atoms with Crippen LogP contribution in [-0.4, -0.2) is 0 Å². The molecule has 3 heteroatoms. The fourth-order valence-electron chi connectivity index (χ4n) is 0.614. The van der Waals surface area contributed by atoms with Gasteiger partial charge in [-0.1, -0.05) is 13.8 Å². The van der Waals surface area contributed by atoms with E-state index in [0.29, 0.717) is 12.1 Å². The third-order valence-corrected chi connectivity index (χ3v) is 1.25. The number of halogens is 3. The van der Waals surface area contributed by atoms with E-state index in [-0.39, 0.29) is 5.56 Å². The molecule has 0 N–H and O–H groups in total. The molecule has 68 valence electrons. The summed E-state index contributed by atoms with van der Waals surface area (Å²) in [6.07, 6.45) is 0. The maximum atomic E-state index is 12.4. The lowest BCUT2D eigenvalue weighted by molar-refractivity contribution is 0.532. The van der Waals surface area contributed by atoms with Crippen molar-refractivity contribution in [2.75, 3.05) is 0 Å². The SMILES string of the molecule is CC.Cc1c(F)cc(F)cc1F. The van der Waals surface area contributed by atoms with Gasteiger partial charge in [-0.15, -0.1) is 0 Å². The van der Waals surface area contributed by atoms with Gasteiger partial charge in [-0.3, -0.25) is 0 Å². The van der Waals surface area contributed by atoms with Crippen LogP contribution >= 0.6 is 0 Å². The maximum Gasteiger partial charge on any atom is 0.131 e. The molecule has 0 nitrogen and oxygen atoms in total. The molecule has 1 rings (SSSR count). The van der Waals surface area contributed by atoms with Crippen molar-refractivity contribution in [2.24, 2.45) is 0 Å². The third-order valence-electron chi connectivity index (χ3n) is 1.25. The van der Waals surface area contributed by atoms with Crippen LogP contribution in [0.4, 0.5) is 13.2 Å². The summed E-state index contributed by atoms with van der Waals surface area (Å²) in [5.74, 6) is -2.59. The smallest absolute Gasteiger partial charge is 0.131 e. The van der Waals surface area contributed by atoms with Gasteiger partial charge in [0.2, 0.25) is 0 Å². The average Bonchev–Trinajstić information content (AvgIpc) is 2.04.